The third-order valence-electron chi connectivity index (χ3n) is 4.22. The average molecular weight is 503 g/mol. The number of imidazole rings is 1. The van der Waals surface area contributed by atoms with E-state index in [1.807, 2.05) is 0 Å². The van der Waals surface area contributed by atoms with Crippen LogP contribution in [0.4, 0.5) is 20.4 Å². The van der Waals surface area contributed by atoms with Gasteiger partial charge < -0.3 is 30.8 Å². The van der Waals surface area contributed by atoms with Crippen molar-refractivity contribution < 1.29 is 27.8 Å². The van der Waals surface area contributed by atoms with Gasteiger partial charge in [0.1, 0.15) is 12.2 Å². The number of anilines is 2. The number of nitrogens with two attached hydrogens (primary N) is 1. The highest BCUT2D eigenvalue weighted by Crippen LogP contribution is 2.35. The number of primary amides is 1. The van der Waals surface area contributed by atoms with Gasteiger partial charge >= 0.3 is 0 Å². The molecule has 0 fully saturated rings. The van der Waals surface area contributed by atoms with E-state index in [2.05, 4.69) is 25.6 Å². The van der Waals surface area contributed by atoms with E-state index in [1.54, 1.807) is 12.1 Å². The largest absolute Gasteiger partial charge is 0.471 e. The maximum Gasteiger partial charge on any atom is 0.272 e. The van der Waals surface area contributed by atoms with Crippen LogP contribution in [-0.2, 0) is 16.1 Å². The SMILES string of the molecule is COCC(=O)NCc1ccc(Cl)c(Nc2nc3nc(OCC(F)F)c(C(N)=O)cc3[nH]2)c1Cl. The minimum Gasteiger partial charge on any atom is -0.471 e. The molecule has 0 saturated carbocycles. The molecule has 33 heavy (non-hydrogen) atoms. The Balaban J connectivity index is 1.89. The summed E-state index contributed by atoms with van der Waals surface area (Å²) in [5.74, 6) is -1.45. The van der Waals surface area contributed by atoms with Crippen molar-refractivity contribution in [1.82, 2.24) is 20.3 Å². The normalized spacial score (nSPS) is 11.1. The Morgan fingerprint density at radius 1 is 1.27 bits per heavy atom. The van der Waals surface area contributed by atoms with Crippen molar-refractivity contribution in [1.29, 1.82) is 0 Å². The highest BCUT2D eigenvalue weighted by atomic mass is 35.5. The number of amides is 2. The van der Waals surface area contributed by atoms with Crippen LogP contribution >= 0.6 is 23.2 Å². The monoisotopic (exact) mass is 502 g/mol. The first kappa shape index (κ1) is 24.4. The molecule has 0 bridgehead atoms. The predicted molar refractivity (Wildman–Crippen MR) is 117 cm³/mol. The fourth-order valence-corrected chi connectivity index (χ4v) is 3.29. The summed E-state index contributed by atoms with van der Waals surface area (Å²) in [6.45, 7) is -0.937. The molecule has 0 aliphatic rings. The molecule has 3 rings (SSSR count). The first-order valence-electron chi connectivity index (χ1n) is 9.30. The van der Waals surface area contributed by atoms with Crippen molar-refractivity contribution in [3.63, 3.8) is 0 Å². The lowest BCUT2D eigenvalue weighted by Gasteiger charge is -2.13. The molecule has 3 aromatic rings. The summed E-state index contributed by atoms with van der Waals surface area (Å²) in [6, 6.07) is 4.51. The van der Waals surface area contributed by atoms with Crippen molar-refractivity contribution in [2.75, 3.05) is 25.6 Å². The third-order valence-corrected chi connectivity index (χ3v) is 4.96. The Morgan fingerprint density at radius 2 is 2.03 bits per heavy atom. The van der Waals surface area contributed by atoms with Crippen LogP contribution < -0.4 is 21.1 Å². The zero-order valence-electron chi connectivity index (χ0n) is 17.0. The molecule has 14 heteroatoms. The number of methoxy groups -OCH3 is 1. The van der Waals surface area contributed by atoms with Gasteiger partial charge in [-0.1, -0.05) is 29.3 Å². The minimum absolute atomic E-state index is 0.0713. The first-order chi connectivity index (χ1) is 15.7. The molecular weight excluding hydrogens is 485 g/mol. The van der Waals surface area contributed by atoms with Crippen LogP contribution in [0.2, 0.25) is 10.0 Å². The summed E-state index contributed by atoms with van der Waals surface area (Å²) in [5, 5.41) is 6.06. The number of pyridine rings is 1. The summed E-state index contributed by atoms with van der Waals surface area (Å²) < 4.78 is 34.7. The highest BCUT2D eigenvalue weighted by molar-refractivity contribution is 6.39. The van der Waals surface area contributed by atoms with E-state index in [0.29, 0.717) is 11.3 Å². The second-order valence-corrected chi connectivity index (χ2v) is 7.38. The number of H-pyrrole nitrogens is 1. The number of nitrogens with one attached hydrogen (secondary N) is 3. The Labute approximate surface area is 195 Å². The molecule has 2 heterocycles. The van der Waals surface area contributed by atoms with E-state index in [0.717, 1.165) is 0 Å². The molecular formula is C19H18Cl2F2N6O4. The standard InChI is InChI=1S/C19H18Cl2F2N6O4/c1-32-7-13(30)25-5-8-2-3-10(20)15(14(8)21)27-19-26-11-4-9(16(24)31)18(28-17(11)29-19)33-6-12(22)23/h2-4,12H,5-7H2,1H3,(H2,24,31)(H,25,30)(H2,26,27,28,29). The first-order valence-corrected chi connectivity index (χ1v) is 10.1. The van der Waals surface area contributed by atoms with Gasteiger partial charge in [0.25, 0.3) is 12.3 Å². The van der Waals surface area contributed by atoms with Crippen molar-refractivity contribution in [2.24, 2.45) is 5.73 Å². The van der Waals surface area contributed by atoms with Crippen LogP contribution in [0.3, 0.4) is 0 Å². The summed E-state index contributed by atoms with van der Waals surface area (Å²) in [5.41, 5.74) is 6.32. The van der Waals surface area contributed by atoms with Gasteiger partial charge in [-0.15, -0.1) is 0 Å². The predicted octanol–water partition coefficient (Wildman–Crippen LogP) is 3.01. The van der Waals surface area contributed by atoms with Crippen LogP contribution in [0, 0.1) is 0 Å². The molecule has 10 nitrogen and oxygen atoms in total. The van der Waals surface area contributed by atoms with Crippen molar-refractivity contribution in [3.05, 3.63) is 39.4 Å². The Kier molecular flexibility index (Phi) is 7.84. The number of carbonyl (C=O) groups is 2. The van der Waals surface area contributed by atoms with Gasteiger partial charge in [0.2, 0.25) is 17.7 Å². The van der Waals surface area contributed by atoms with Crippen molar-refractivity contribution >= 4 is 57.8 Å². The lowest BCUT2D eigenvalue weighted by Crippen LogP contribution is -2.26. The van der Waals surface area contributed by atoms with E-state index >= 15 is 0 Å². The zero-order valence-corrected chi connectivity index (χ0v) is 18.6. The molecule has 1 aromatic carbocycles. The third kappa shape index (κ3) is 5.97. The van der Waals surface area contributed by atoms with E-state index in [9.17, 15) is 18.4 Å². The Morgan fingerprint density at radius 3 is 2.70 bits per heavy atom. The number of nitrogens with zero attached hydrogens (tertiary/aromatic N) is 2. The Hall–Kier alpha value is -3.22. The van der Waals surface area contributed by atoms with Crippen LogP contribution in [0.1, 0.15) is 15.9 Å². The van der Waals surface area contributed by atoms with E-state index < -0.39 is 18.9 Å². The number of halogens is 4. The number of rotatable bonds is 10. The average Bonchev–Trinajstić information content (AvgIpc) is 3.15. The summed E-state index contributed by atoms with van der Waals surface area (Å²) in [7, 11) is 1.40. The van der Waals surface area contributed by atoms with Crippen LogP contribution in [0.15, 0.2) is 18.2 Å². The van der Waals surface area contributed by atoms with Gasteiger partial charge in [0, 0.05) is 13.7 Å². The topological polar surface area (TPSA) is 144 Å². The smallest absolute Gasteiger partial charge is 0.272 e. The number of fused-ring (bicyclic) bond motifs is 1. The second-order valence-electron chi connectivity index (χ2n) is 6.59. The van der Waals surface area contributed by atoms with Crippen LogP contribution in [0.5, 0.6) is 5.88 Å². The molecule has 0 atom stereocenters. The molecule has 2 amide bonds. The maximum absolute atomic E-state index is 12.5. The number of hydrogen-bond donors (Lipinski definition) is 4. The Bertz CT molecular complexity index is 1190. The number of aromatic amines is 1. The molecule has 0 aliphatic carbocycles. The molecule has 0 aliphatic heterocycles. The van der Waals surface area contributed by atoms with Gasteiger partial charge in [0.15, 0.2) is 12.3 Å². The van der Waals surface area contributed by atoms with E-state index in [4.69, 9.17) is 38.4 Å². The van der Waals surface area contributed by atoms with Gasteiger partial charge in [-0.05, 0) is 17.7 Å². The number of alkyl halides is 2. The maximum atomic E-state index is 12.5. The second kappa shape index (κ2) is 10.6. The number of benzene rings is 1. The molecule has 0 unspecified atom stereocenters. The molecule has 0 saturated heterocycles. The van der Waals surface area contributed by atoms with Crippen LogP contribution in [-0.4, -0.2) is 53.5 Å². The number of carbonyl (C=O) groups excluding carboxylic acids is 2. The summed E-state index contributed by atoms with van der Waals surface area (Å²) in [4.78, 5) is 34.4. The molecule has 5 N–H and O–H groups in total. The van der Waals surface area contributed by atoms with Crippen LogP contribution in [0.25, 0.3) is 11.2 Å². The lowest BCUT2D eigenvalue weighted by molar-refractivity contribution is -0.124. The fraction of sp³-hybridized carbons (Fsp3) is 0.263. The highest BCUT2D eigenvalue weighted by Gasteiger charge is 2.19. The van der Waals surface area contributed by atoms with Gasteiger partial charge in [0.05, 0.1) is 21.2 Å². The number of hydrogen-bond acceptors (Lipinski definition) is 7. The van der Waals surface area contributed by atoms with E-state index in [1.165, 1.54) is 13.2 Å². The van der Waals surface area contributed by atoms with Crippen molar-refractivity contribution in [2.45, 2.75) is 13.0 Å². The van der Waals surface area contributed by atoms with Crippen molar-refractivity contribution in [3.8, 4) is 5.88 Å². The molecule has 2 aromatic heterocycles. The zero-order chi connectivity index (χ0) is 24.1. The molecule has 0 radical (unpaired) electrons. The van der Waals surface area contributed by atoms with Gasteiger partial charge in [-0.2, -0.15) is 9.97 Å². The molecule has 0 spiro atoms. The van der Waals surface area contributed by atoms with E-state index in [-0.39, 0.29) is 57.7 Å². The quantitative estimate of drug-likeness (QED) is 0.333. The molecule has 176 valence electrons. The van der Waals surface area contributed by atoms with Gasteiger partial charge in [-0.25, -0.2) is 8.78 Å². The lowest BCUT2D eigenvalue weighted by atomic mass is 10.2. The summed E-state index contributed by atoms with van der Waals surface area (Å²) >= 11 is 12.7. The minimum atomic E-state index is -2.77. The fourth-order valence-electron chi connectivity index (χ4n) is 2.75. The van der Waals surface area contributed by atoms with Gasteiger partial charge in [-0.3, -0.25) is 9.59 Å². The number of aromatic nitrogens is 3. The summed E-state index contributed by atoms with van der Waals surface area (Å²) in [6.07, 6.45) is -2.77. The number of ether oxygens (including phenoxy) is 2.